The number of H-pyrrole nitrogens is 1. The Kier molecular flexibility index (Phi) is 3.96. The number of nitrogens with zero attached hydrogens (tertiary/aromatic N) is 3. The molecule has 31 heavy (non-hydrogen) atoms. The molecule has 1 spiro atoms. The number of nitrogens with one attached hydrogen (secondary N) is 1. The first-order chi connectivity index (χ1) is 14.9. The molecule has 160 valence electrons. The Morgan fingerprint density at radius 3 is 3.03 bits per heavy atom. The number of hydrogen-bond donors (Lipinski definition) is 1. The summed E-state index contributed by atoms with van der Waals surface area (Å²) in [6, 6.07) is 6.31. The zero-order valence-corrected chi connectivity index (χ0v) is 17.8. The van der Waals surface area contributed by atoms with Crippen LogP contribution in [0.25, 0.3) is 0 Å². The molecule has 1 aromatic heterocycles. The summed E-state index contributed by atoms with van der Waals surface area (Å²) in [6.07, 6.45) is 6.25. The van der Waals surface area contributed by atoms with E-state index in [0.717, 1.165) is 23.2 Å². The van der Waals surface area contributed by atoms with Crippen molar-refractivity contribution in [2.24, 2.45) is 11.8 Å². The molecule has 2 aromatic rings. The van der Waals surface area contributed by atoms with Gasteiger partial charge in [0.15, 0.2) is 0 Å². The molecule has 1 aromatic carbocycles. The number of carbonyl (C=O) groups excluding carboxylic acids is 2. The molecule has 7 nitrogen and oxygen atoms in total. The number of ether oxygens (including phenoxy) is 1. The van der Waals surface area contributed by atoms with E-state index in [4.69, 9.17) is 4.74 Å². The Balaban J connectivity index is 1.25. The fraction of sp³-hybridized carbons (Fsp3) is 0.458. The van der Waals surface area contributed by atoms with Crippen molar-refractivity contribution in [3.63, 3.8) is 0 Å². The number of aryl methyl sites for hydroxylation is 2. The number of benzene rings is 1. The van der Waals surface area contributed by atoms with Crippen LogP contribution in [0.1, 0.15) is 27.9 Å². The lowest BCUT2D eigenvalue weighted by Crippen LogP contribution is -2.47. The monoisotopic (exact) mass is 418 g/mol. The third kappa shape index (κ3) is 2.72. The summed E-state index contributed by atoms with van der Waals surface area (Å²) in [4.78, 5) is 30.8. The van der Waals surface area contributed by atoms with Crippen LogP contribution in [0, 0.1) is 25.7 Å². The van der Waals surface area contributed by atoms with E-state index in [1.165, 1.54) is 11.1 Å². The number of fused-ring (bicyclic) bond motifs is 2. The standard InChI is InChI=1S/C24H26N4O3/c1-14-3-4-16(9-15(14)2)11-28-13-24-7-5-19(31-24)20(21(24)23(28)30)22(29)27-8-6-18-17(12-27)10-25-26-18/h3-5,7,9-10,19-21H,6,8,11-13H2,1-2H3,(H,25,26)/t19-,20?,21?,24-/m0/s1. The fourth-order valence-corrected chi connectivity index (χ4v) is 5.74. The number of aromatic nitrogens is 2. The van der Waals surface area contributed by atoms with Crippen molar-refractivity contribution in [1.82, 2.24) is 20.0 Å². The summed E-state index contributed by atoms with van der Waals surface area (Å²) < 4.78 is 6.30. The first-order valence-corrected chi connectivity index (χ1v) is 11.0. The second-order valence-corrected chi connectivity index (χ2v) is 9.40. The highest BCUT2D eigenvalue weighted by molar-refractivity contribution is 5.93. The first-order valence-electron chi connectivity index (χ1n) is 11.0. The molecule has 2 unspecified atom stereocenters. The molecule has 0 radical (unpaired) electrons. The quantitative estimate of drug-likeness (QED) is 0.773. The van der Waals surface area contributed by atoms with Gasteiger partial charge in [0.25, 0.3) is 0 Å². The van der Waals surface area contributed by atoms with Gasteiger partial charge in [0, 0.05) is 37.3 Å². The predicted molar refractivity (Wildman–Crippen MR) is 113 cm³/mol. The van der Waals surface area contributed by atoms with Crippen LogP contribution in [0.4, 0.5) is 0 Å². The number of likely N-dealkylation sites (tertiary alicyclic amines) is 1. The minimum atomic E-state index is -0.668. The van der Waals surface area contributed by atoms with Crippen LogP contribution in [-0.2, 0) is 33.8 Å². The van der Waals surface area contributed by atoms with Crippen LogP contribution < -0.4 is 0 Å². The zero-order chi connectivity index (χ0) is 21.3. The third-order valence-corrected chi connectivity index (χ3v) is 7.52. The van der Waals surface area contributed by atoms with Gasteiger partial charge in [-0.25, -0.2) is 0 Å². The summed E-state index contributed by atoms with van der Waals surface area (Å²) in [7, 11) is 0. The van der Waals surface area contributed by atoms with Gasteiger partial charge in [0.05, 0.1) is 30.7 Å². The van der Waals surface area contributed by atoms with Gasteiger partial charge in [-0.15, -0.1) is 0 Å². The van der Waals surface area contributed by atoms with Crippen LogP contribution in [0.5, 0.6) is 0 Å². The predicted octanol–water partition coefficient (Wildman–Crippen LogP) is 1.89. The molecule has 2 amide bonds. The van der Waals surface area contributed by atoms with Crippen LogP contribution in [0.15, 0.2) is 36.5 Å². The summed E-state index contributed by atoms with van der Waals surface area (Å²) in [5.74, 6) is -0.832. The lowest BCUT2D eigenvalue weighted by atomic mass is 9.76. The van der Waals surface area contributed by atoms with Gasteiger partial charge >= 0.3 is 0 Å². The van der Waals surface area contributed by atoms with Crippen molar-refractivity contribution in [3.8, 4) is 0 Å². The van der Waals surface area contributed by atoms with Crippen molar-refractivity contribution in [3.05, 3.63) is 64.5 Å². The number of aromatic amines is 1. The minimum Gasteiger partial charge on any atom is -0.360 e. The maximum Gasteiger partial charge on any atom is 0.230 e. The molecule has 7 heteroatoms. The van der Waals surface area contributed by atoms with Crippen molar-refractivity contribution in [2.45, 2.75) is 45.1 Å². The summed E-state index contributed by atoms with van der Waals surface area (Å²) in [5, 5.41) is 7.11. The third-order valence-electron chi connectivity index (χ3n) is 7.52. The molecule has 5 heterocycles. The Morgan fingerprint density at radius 2 is 2.19 bits per heavy atom. The second kappa shape index (κ2) is 6.53. The van der Waals surface area contributed by atoms with E-state index in [1.54, 1.807) is 6.20 Å². The molecule has 2 saturated heterocycles. The van der Waals surface area contributed by atoms with Gasteiger partial charge < -0.3 is 14.5 Å². The molecular formula is C24H26N4O3. The molecule has 4 atom stereocenters. The molecule has 4 aliphatic rings. The Labute approximate surface area is 181 Å². The van der Waals surface area contributed by atoms with E-state index < -0.39 is 17.4 Å². The average Bonchev–Trinajstić information content (AvgIpc) is 3.51. The van der Waals surface area contributed by atoms with Crippen molar-refractivity contribution < 1.29 is 14.3 Å². The number of carbonyl (C=O) groups is 2. The van der Waals surface area contributed by atoms with Crippen molar-refractivity contribution >= 4 is 11.8 Å². The number of rotatable bonds is 3. The first kappa shape index (κ1) is 18.8. The van der Waals surface area contributed by atoms with Gasteiger partial charge in [-0.1, -0.05) is 30.4 Å². The largest absolute Gasteiger partial charge is 0.360 e. The molecular weight excluding hydrogens is 392 g/mol. The summed E-state index contributed by atoms with van der Waals surface area (Å²) in [5.41, 5.74) is 5.06. The molecule has 0 aliphatic carbocycles. The fourth-order valence-electron chi connectivity index (χ4n) is 5.74. The Hall–Kier alpha value is -2.93. The maximum atomic E-state index is 13.6. The number of hydrogen-bond acceptors (Lipinski definition) is 4. The average molecular weight is 418 g/mol. The van der Waals surface area contributed by atoms with Crippen LogP contribution in [0.2, 0.25) is 0 Å². The zero-order valence-electron chi connectivity index (χ0n) is 17.8. The highest BCUT2D eigenvalue weighted by Gasteiger charge is 2.67. The highest BCUT2D eigenvalue weighted by Crippen LogP contribution is 2.52. The molecule has 0 saturated carbocycles. The minimum absolute atomic E-state index is 0.0226. The normalized spacial score (nSPS) is 30.8. The van der Waals surface area contributed by atoms with E-state index in [-0.39, 0.29) is 17.9 Å². The van der Waals surface area contributed by atoms with E-state index >= 15 is 0 Å². The number of amides is 2. The topological polar surface area (TPSA) is 78.5 Å². The van der Waals surface area contributed by atoms with Gasteiger partial charge in [0.1, 0.15) is 5.60 Å². The van der Waals surface area contributed by atoms with E-state index in [0.29, 0.717) is 26.2 Å². The van der Waals surface area contributed by atoms with E-state index in [9.17, 15) is 9.59 Å². The van der Waals surface area contributed by atoms with Gasteiger partial charge in [-0.05, 0) is 30.5 Å². The van der Waals surface area contributed by atoms with Crippen LogP contribution in [0.3, 0.4) is 0 Å². The Bertz CT molecular complexity index is 1120. The van der Waals surface area contributed by atoms with E-state index in [1.807, 2.05) is 22.0 Å². The summed E-state index contributed by atoms with van der Waals surface area (Å²) in [6.45, 7) is 6.41. The van der Waals surface area contributed by atoms with E-state index in [2.05, 4.69) is 42.2 Å². The van der Waals surface area contributed by atoms with Gasteiger partial charge in [-0.2, -0.15) is 5.10 Å². The van der Waals surface area contributed by atoms with Crippen LogP contribution in [-0.4, -0.2) is 56.6 Å². The smallest absolute Gasteiger partial charge is 0.230 e. The Morgan fingerprint density at radius 1 is 1.32 bits per heavy atom. The SMILES string of the molecule is Cc1ccc(CN2C[C@]34C=C[C@H](O3)C(C(=O)N3CCc5[nH]ncc5C3)C4C2=O)cc1C. The molecule has 1 N–H and O–H groups in total. The van der Waals surface area contributed by atoms with Gasteiger partial charge in [0.2, 0.25) is 11.8 Å². The molecule has 2 fully saturated rings. The second-order valence-electron chi connectivity index (χ2n) is 9.40. The summed E-state index contributed by atoms with van der Waals surface area (Å²) >= 11 is 0. The van der Waals surface area contributed by atoms with Gasteiger partial charge in [-0.3, -0.25) is 14.7 Å². The highest BCUT2D eigenvalue weighted by atomic mass is 16.5. The maximum absolute atomic E-state index is 13.6. The molecule has 6 rings (SSSR count). The van der Waals surface area contributed by atoms with Crippen LogP contribution >= 0.6 is 0 Å². The lowest BCUT2D eigenvalue weighted by Gasteiger charge is -2.32. The lowest BCUT2D eigenvalue weighted by molar-refractivity contribution is -0.144. The van der Waals surface area contributed by atoms with Crippen molar-refractivity contribution in [2.75, 3.05) is 13.1 Å². The molecule has 4 aliphatic heterocycles. The van der Waals surface area contributed by atoms with Crippen molar-refractivity contribution in [1.29, 1.82) is 0 Å². The molecule has 2 bridgehead atoms.